The van der Waals surface area contributed by atoms with Gasteiger partial charge >= 0.3 is 0 Å². The Morgan fingerprint density at radius 1 is 1.19 bits per heavy atom. The third kappa shape index (κ3) is 1.85. The molecule has 2 aromatic heterocycles. The van der Waals surface area contributed by atoms with Gasteiger partial charge in [0.2, 0.25) is 0 Å². The minimum Gasteiger partial charge on any atom is -0.261 e. The summed E-state index contributed by atoms with van der Waals surface area (Å²) in [6, 6.07) is 0. The van der Waals surface area contributed by atoms with Crippen LogP contribution in [0.15, 0.2) is 24.0 Å². The highest BCUT2D eigenvalue weighted by Crippen LogP contribution is 2.35. The summed E-state index contributed by atoms with van der Waals surface area (Å²) in [5.74, 6) is 0.682. The van der Waals surface area contributed by atoms with E-state index in [0.717, 1.165) is 10.7 Å². The van der Waals surface area contributed by atoms with Gasteiger partial charge in [0.15, 0.2) is 0 Å². The first-order chi connectivity index (χ1) is 7.93. The van der Waals surface area contributed by atoms with Crippen molar-refractivity contribution in [1.82, 2.24) is 15.0 Å². The third-order valence-corrected chi connectivity index (χ3v) is 3.96. The van der Waals surface area contributed by atoms with E-state index in [1.165, 1.54) is 31.4 Å². The quantitative estimate of drug-likeness (QED) is 0.796. The standard InChI is InChI=1S/C12H13N3S/c1-2-4-9(3-1)11-8-16-12(15-11)10-7-13-5-6-14-10/h5-9H,1-4H2. The van der Waals surface area contributed by atoms with Crippen molar-refractivity contribution in [3.05, 3.63) is 29.7 Å². The molecule has 1 fully saturated rings. The van der Waals surface area contributed by atoms with E-state index in [2.05, 4.69) is 20.3 Å². The Labute approximate surface area is 98.6 Å². The van der Waals surface area contributed by atoms with Gasteiger partial charge in [-0.05, 0) is 12.8 Å². The molecule has 1 aliphatic rings. The predicted octanol–water partition coefficient (Wildman–Crippen LogP) is 3.26. The Kier molecular flexibility index (Phi) is 2.66. The van der Waals surface area contributed by atoms with Gasteiger partial charge in [0.25, 0.3) is 0 Å². The van der Waals surface area contributed by atoms with Crippen LogP contribution in [-0.4, -0.2) is 15.0 Å². The van der Waals surface area contributed by atoms with Gasteiger partial charge in [-0.25, -0.2) is 4.98 Å². The molecule has 0 unspecified atom stereocenters. The summed E-state index contributed by atoms with van der Waals surface area (Å²) in [4.78, 5) is 13.0. The molecule has 4 heteroatoms. The lowest BCUT2D eigenvalue weighted by molar-refractivity contribution is 0.703. The van der Waals surface area contributed by atoms with Crippen LogP contribution in [0.2, 0.25) is 0 Å². The summed E-state index contributed by atoms with van der Waals surface area (Å²) in [6.07, 6.45) is 10.5. The van der Waals surface area contributed by atoms with Crippen molar-refractivity contribution < 1.29 is 0 Å². The molecule has 1 saturated carbocycles. The highest BCUT2D eigenvalue weighted by atomic mass is 32.1. The summed E-state index contributed by atoms with van der Waals surface area (Å²) in [6.45, 7) is 0. The van der Waals surface area contributed by atoms with Crippen molar-refractivity contribution in [2.75, 3.05) is 0 Å². The lowest BCUT2D eigenvalue weighted by atomic mass is 10.1. The molecule has 0 atom stereocenters. The van der Waals surface area contributed by atoms with E-state index < -0.39 is 0 Å². The molecule has 1 aliphatic carbocycles. The molecular formula is C12H13N3S. The number of thiazole rings is 1. The Balaban J connectivity index is 1.87. The van der Waals surface area contributed by atoms with Gasteiger partial charge in [0.1, 0.15) is 10.7 Å². The van der Waals surface area contributed by atoms with E-state index in [1.54, 1.807) is 29.9 Å². The molecule has 0 saturated heterocycles. The molecule has 2 heterocycles. The van der Waals surface area contributed by atoms with E-state index in [4.69, 9.17) is 0 Å². The van der Waals surface area contributed by atoms with Crippen LogP contribution in [0.1, 0.15) is 37.3 Å². The van der Waals surface area contributed by atoms with Crippen LogP contribution in [0.3, 0.4) is 0 Å². The Morgan fingerprint density at radius 3 is 2.81 bits per heavy atom. The molecule has 0 amide bonds. The summed E-state index contributed by atoms with van der Waals surface area (Å²) >= 11 is 1.68. The summed E-state index contributed by atoms with van der Waals surface area (Å²) in [5, 5.41) is 3.18. The van der Waals surface area contributed by atoms with Gasteiger partial charge in [0.05, 0.1) is 11.9 Å². The van der Waals surface area contributed by atoms with Crippen LogP contribution in [0, 0.1) is 0 Å². The number of hydrogen-bond donors (Lipinski definition) is 0. The van der Waals surface area contributed by atoms with Crippen LogP contribution in [0.4, 0.5) is 0 Å². The number of aromatic nitrogens is 3. The van der Waals surface area contributed by atoms with Crippen molar-refractivity contribution >= 4 is 11.3 Å². The van der Waals surface area contributed by atoms with Crippen LogP contribution in [0.5, 0.6) is 0 Å². The van der Waals surface area contributed by atoms with E-state index in [1.807, 2.05) is 0 Å². The first-order valence-corrected chi connectivity index (χ1v) is 6.53. The highest BCUT2D eigenvalue weighted by molar-refractivity contribution is 7.13. The second-order valence-corrected chi connectivity index (χ2v) is 5.01. The van der Waals surface area contributed by atoms with E-state index in [0.29, 0.717) is 5.92 Å². The van der Waals surface area contributed by atoms with Crippen molar-refractivity contribution in [2.24, 2.45) is 0 Å². The molecule has 82 valence electrons. The first kappa shape index (κ1) is 9.90. The Morgan fingerprint density at radius 2 is 2.06 bits per heavy atom. The zero-order chi connectivity index (χ0) is 10.8. The average Bonchev–Trinajstić information content (AvgIpc) is 3.01. The second kappa shape index (κ2) is 4.29. The first-order valence-electron chi connectivity index (χ1n) is 5.65. The molecule has 0 bridgehead atoms. The molecule has 16 heavy (non-hydrogen) atoms. The van der Waals surface area contributed by atoms with E-state index in [-0.39, 0.29) is 0 Å². The molecule has 0 aliphatic heterocycles. The van der Waals surface area contributed by atoms with Gasteiger partial charge in [-0.2, -0.15) is 0 Å². The number of nitrogens with zero attached hydrogens (tertiary/aromatic N) is 3. The van der Waals surface area contributed by atoms with E-state index >= 15 is 0 Å². The van der Waals surface area contributed by atoms with Gasteiger partial charge in [-0.3, -0.25) is 9.97 Å². The summed E-state index contributed by atoms with van der Waals surface area (Å²) in [5.41, 5.74) is 2.14. The minimum absolute atomic E-state index is 0.682. The lowest BCUT2D eigenvalue weighted by Crippen LogP contribution is -1.92. The van der Waals surface area contributed by atoms with Gasteiger partial charge in [0, 0.05) is 23.7 Å². The molecule has 0 spiro atoms. The Bertz CT molecular complexity index is 460. The SMILES string of the molecule is c1cnc(-c2nc(C3CCCC3)cs2)cn1. The topological polar surface area (TPSA) is 38.7 Å². The van der Waals surface area contributed by atoms with Crippen molar-refractivity contribution in [3.63, 3.8) is 0 Å². The fraction of sp³-hybridized carbons (Fsp3) is 0.417. The highest BCUT2D eigenvalue weighted by Gasteiger charge is 2.20. The molecule has 3 nitrogen and oxygen atoms in total. The smallest absolute Gasteiger partial charge is 0.143 e. The molecule has 0 N–H and O–H groups in total. The Hall–Kier alpha value is -1.29. The fourth-order valence-electron chi connectivity index (χ4n) is 2.22. The number of hydrogen-bond acceptors (Lipinski definition) is 4. The maximum Gasteiger partial charge on any atom is 0.143 e. The molecule has 3 rings (SSSR count). The average molecular weight is 231 g/mol. The minimum atomic E-state index is 0.682. The maximum absolute atomic E-state index is 4.68. The monoisotopic (exact) mass is 231 g/mol. The fourth-order valence-corrected chi connectivity index (χ4v) is 3.08. The van der Waals surface area contributed by atoms with Crippen molar-refractivity contribution in [2.45, 2.75) is 31.6 Å². The normalized spacial score (nSPS) is 16.8. The third-order valence-electron chi connectivity index (χ3n) is 3.08. The van der Waals surface area contributed by atoms with Gasteiger partial charge < -0.3 is 0 Å². The maximum atomic E-state index is 4.68. The second-order valence-electron chi connectivity index (χ2n) is 4.15. The van der Waals surface area contributed by atoms with Crippen LogP contribution in [-0.2, 0) is 0 Å². The summed E-state index contributed by atoms with van der Waals surface area (Å²) in [7, 11) is 0. The number of rotatable bonds is 2. The molecule has 2 aromatic rings. The van der Waals surface area contributed by atoms with Crippen LogP contribution >= 0.6 is 11.3 Å². The van der Waals surface area contributed by atoms with Crippen LogP contribution in [0.25, 0.3) is 10.7 Å². The summed E-state index contributed by atoms with van der Waals surface area (Å²) < 4.78 is 0. The van der Waals surface area contributed by atoms with Crippen molar-refractivity contribution in [1.29, 1.82) is 0 Å². The zero-order valence-electron chi connectivity index (χ0n) is 8.97. The predicted molar refractivity (Wildman–Crippen MR) is 64.3 cm³/mol. The zero-order valence-corrected chi connectivity index (χ0v) is 9.78. The van der Waals surface area contributed by atoms with Crippen LogP contribution < -0.4 is 0 Å². The van der Waals surface area contributed by atoms with Gasteiger partial charge in [-0.1, -0.05) is 12.8 Å². The molecule has 0 aromatic carbocycles. The van der Waals surface area contributed by atoms with E-state index in [9.17, 15) is 0 Å². The largest absolute Gasteiger partial charge is 0.261 e. The van der Waals surface area contributed by atoms with Crippen molar-refractivity contribution in [3.8, 4) is 10.7 Å². The lowest BCUT2D eigenvalue weighted by Gasteiger charge is -2.02. The van der Waals surface area contributed by atoms with Gasteiger partial charge in [-0.15, -0.1) is 11.3 Å². The molecular weight excluding hydrogens is 218 g/mol. The molecule has 0 radical (unpaired) electrons.